The summed E-state index contributed by atoms with van der Waals surface area (Å²) in [5.74, 6) is 0. The van der Waals surface area contributed by atoms with Crippen molar-refractivity contribution in [1.82, 2.24) is 14.5 Å². The fourth-order valence-electron chi connectivity index (χ4n) is 4.42. The molecule has 0 saturated heterocycles. The molecule has 2 aromatic heterocycles. The van der Waals surface area contributed by atoms with Gasteiger partial charge in [-0.05, 0) is 66.9 Å². The largest absolute Gasteiger partial charge is 0.323 e. The van der Waals surface area contributed by atoms with E-state index in [1.165, 1.54) is 16.0 Å². The number of H-pyrrole nitrogens is 1. The van der Waals surface area contributed by atoms with E-state index in [1.807, 2.05) is 32.0 Å². The van der Waals surface area contributed by atoms with Crippen LogP contribution >= 0.6 is 23.6 Å². The number of fused-ring (bicyclic) bond motifs is 3. The summed E-state index contributed by atoms with van der Waals surface area (Å²) < 4.78 is 2.11. The Hall–Kier alpha value is -2.54. The van der Waals surface area contributed by atoms with E-state index in [4.69, 9.17) is 12.2 Å². The molecule has 2 aromatic carbocycles. The number of nitrogens with one attached hydrogen (secondary N) is 1. The minimum absolute atomic E-state index is 0.00670. The molecule has 0 amide bonds. The number of nitrogens with zero attached hydrogens (tertiary/aromatic N) is 2. The number of rotatable bonds is 3. The van der Waals surface area contributed by atoms with Crippen LogP contribution in [0.5, 0.6) is 0 Å². The maximum absolute atomic E-state index is 13.5. The van der Waals surface area contributed by atoms with Crippen LogP contribution in [-0.2, 0) is 19.5 Å². The first-order chi connectivity index (χ1) is 14.5. The van der Waals surface area contributed by atoms with Gasteiger partial charge in [0.1, 0.15) is 4.83 Å². The molecule has 5 rings (SSSR count). The molecule has 1 aliphatic rings. The monoisotopic (exact) mass is 433 g/mol. The van der Waals surface area contributed by atoms with Gasteiger partial charge in [0.05, 0.1) is 11.1 Å². The van der Waals surface area contributed by atoms with Gasteiger partial charge in [0.15, 0.2) is 4.77 Å². The van der Waals surface area contributed by atoms with E-state index >= 15 is 0 Å². The highest BCUT2D eigenvalue weighted by Crippen LogP contribution is 2.33. The Morgan fingerprint density at radius 2 is 1.83 bits per heavy atom. The highest BCUT2D eigenvalue weighted by atomic mass is 32.1. The summed E-state index contributed by atoms with van der Waals surface area (Å²) in [6.07, 6.45) is 0.884. The predicted octanol–water partition coefficient (Wildman–Crippen LogP) is 5.28. The number of benzene rings is 2. The third-order valence-electron chi connectivity index (χ3n) is 5.69. The molecule has 3 heterocycles. The summed E-state index contributed by atoms with van der Waals surface area (Å²) in [4.78, 5) is 21.5. The lowest BCUT2D eigenvalue weighted by Crippen LogP contribution is -2.30. The second kappa shape index (κ2) is 7.61. The zero-order valence-electron chi connectivity index (χ0n) is 17.1. The van der Waals surface area contributed by atoms with E-state index < -0.39 is 0 Å². The van der Waals surface area contributed by atoms with Crippen LogP contribution in [0, 0.1) is 18.6 Å². The Labute approximate surface area is 184 Å². The molecule has 4 nitrogen and oxygen atoms in total. The van der Waals surface area contributed by atoms with Crippen molar-refractivity contribution in [3.05, 3.63) is 90.8 Å². The molecule has 152 valence electrons. The van der Waals surface area contributed by atoms with Crippen LogP contribution in [0.15, 0.2) is 53.3 Å². The smallest absolute Gasteiger partial charge is 0.267 e. The molecule has 0 fully saturated rings. The molecule has 0 radical (unpaired) electrons. The molecule has 4 aromatic rings. The Morgan fingerprint density at radius 1 is 1.10 bits per heavy atom. The molecule has 1 aliphatic heterocycles. The molecular formula is C24H23N3OS2. The molecule has 1 N–H and O–H groups in total. The van der Waals surface area contributed by atoms with E-state index in [1.54, 1.807) is 15.9 Å². The van der Waals surface area contributed by atoms with Gasteiger partial charge < -0.3 is 4.98 Å². The summed E-state index contributed by atoms with van der Waals surface area (Å²) in [6.45, 7) is 6.83. The van der Waals surface area contributed by atoms with Crippen LogP contribution in [0.1, 0.15) is 27.1 Å². The van der Waals surface area contributed by atoms with Gasteiger partial charge in [-0.15, -0.1) is 11.3 Å². The third-order valence-corrected chi connectivity index (χ3v) is 7.11. The number of aryl methyl sites for hydroxylation is 2. The van der Waals surface area contributed by atoms with Gasteiger partial charge in [0.2, 0.25) is 0 Å². The van der Waals surface area contributed by atoms with Crippen molar-refractivity contribution < 1.29 is 0 Å². The molecular weight excluding hydrogens is 410 g/mol. The van der Waals surface area contributed by atoms with Crippen molar-refractivity contribution >= 4 is 33.8 Å². The topological polar surface area (TPSA) is 41.0 Å². The SMILES string of the molecule is Cc1cc(C)cc(-n2c(=S)[nH]c3sc4c(c3c2=O)CCN(Cc2ccccc2)C4)c1. The maximum atomic E-state index is 13.5. The third kappa shape index (κ3) is 3.45. The number of hydrogen-bond acceptors (Lipinski definition) is 4. The maximum Gasteiger partial charge on any atom is 0.267 e. The van der Waals surface area contributed by atoms with Gasteiger partial charge in [-0.25, -0.2) is 0 Å². The predicted molar refractivity (Wildman–Crippen MR) is 126 cm³/mol. The molecule has 0 aliphatic carbocycles. The normalized spacial score (nSPS) is 14.2. The molecule has 0 bridgehead atoms. The molecule has 0 saturated carbocycles. The Bertz CT molecular complexity index is 1340. The van der Waals surface area contributed by atoms with E-state index in [2.05, 4.69) is 40.2 Å². The molecule has 30 heavy (non-hydrogen) atoms. The molecule has 0 atom stereocenters. The molecule has 0 spiro atoms. The summed E-state index contributed by atoms with van der Waals surface area (Å²) in [5.41, 5.74) is 5.58. The lowest BCUT2D eigenvalue weighted by molar-refractivity contribution is 0.249. The highest BCUT2D eigenvalue weighted by molar-refractivity contribution is 7.71. The summed E-state index contributed by atoms with van der Waals surface area (Å²) in [7, 11) is 0. The van der Waals surface area contributed by atoms with Crippen LogP contribution in [0.3, 0.4) is 0 Å². The lowest BCUT2D eigenvalue weighted by Gasteiger charge is -2.26. The van der Waals surface area contributed by atoms with Gasteiger partial charge in [-0.1, -0.05) is 36.4 Å². The van der Waals surface area contributed by atoms with E-state index in [9.17, 15) is 4.79 Å². The number of thiophene rings is 1. The van der Waals surface area contributed by atoms with Gasteiger partial charge in [-0.2, -0.15) is 0 Å². The number of aromatic amines is 1. The average molecular weight is 434 g/mol. The average Bonchev–Trinajstić information content (AvgIpc) is 3.05. The van der Waals surface area contributed by atoms with Crippen LogP contribution in [0.2, 0.25) is 0 Å². The summed E-state index contributed by atoms with van der Waals surface area (Å²) in [5, 5.41) is 0.808. The van der Waals surface area contributed by atoms with E-state index in [0.29, 0.717) is 4.77 Å². The standard InChI is InChI=1S/C24H23N3OS2/c1-15-10-16(2)12-18(11-15)27-23(28)21-19-8-9-26(13-17-6-4-3-5-7-17)14-20(19)30-22(21)25-24(27)29/h3-7,10-12H,8-9,13-14H2,1-2H3,(H,25,29). The van der Waals surface area contributed by atoms with E-state index in [0.717, 1.165) is 53.1 Å². The van der Waals surface area contributed by atoms with Crippen LogP contribution in [0.4, 0.5) is 0 Å². The quantitative estimate of drug-likeness (QED) is 0.447. The first kappa shape index (κ1) is 19.4. The van der Waals surface area contributed by atoms with Crippen LogP contribution < -0.4 is 5.56 Å². The second-order valence-electron chi connectivity index (χ2n) is 8.07. The van der Waals surface area contributed by atoms with Crippen molar-refractivity contribution in [3.8, 4) is 5.69 Å². The lowest BCUT2D eigenvalue weighted by atomic mass is 10.0. The van der Waals surface area contributed by atoms with Crippen molar-refractivity contribution in [3.63, 3.8) is 0 Å². The van der Waals surface area contributed by atoms with Crippen LogP contribution in [-0.4, -0.2) is 21.0 Å². The summed E-state index contributed by atoms with van der Waals surface area (Å²) >= 11 is 7.27. The van der Waals surface area contributed by atoms with Crippen molar-refractivity contribution in [2.75, 3.05) is 6.54 Å². The fourth-order valence-corrected chi connectivity index (χ4v) is 6.05. The highest BCUT2D eigenvalue weighted by Gasteiger charge is 2.24. The zero-order valence-corrected chi connectivity index (χ0v) is 18.7. The van der Waals surface area contributed by atoms with E-state index in [-0.39, 0.29) is 5.56 Å². The number of hydrogen-bond donors (Lipinski definition) is 1. The second-order valence-corrected chi connectivity index (χ2v) is 9.56. The first-order valence-electron chi connectivity index (χ1n) is 10.1. The summed E-state index contributed by atoms with van der Waals surface area (Å²) in [6, 6.07) is 16.7. The minimum Gasteiger partial charge on any atom is -0.323 e. The zero-order chi connectivity index (χ0) is 20.8. The fraction of sp³-hybridized carbons (Fsp3) is 0.250. The van der Waals surface area contributed by atoms with Gasteiger partial charge >= 0.3 is 0 Å². The van der Waals surface area contributed by atoms with Gasteiger partial charge in [0, 0.05) is 24.5 Å². The first-order valence-corrected chi connectivity index (χ1v) is 11.4. The van der Waals surface area contributed by atoms with Crippen molar-refractivity contribution in [1.29, 1.82) is 0 Å². The van der Waals surface area contributed by atoms with Crippen molar-refractivity contribution in [2.24, 2.45) is 0 Å². The Kier molecular flexibility index (Phi) is 4.93. The van der Waals surface area contributed by atoms with Gasteiger partial charge in [-0.3, -0.25) is 14.3 Å². The van der Waals surface area contributed by atoms with Crippen molar-refractivity contribution in [2.45, 2.75) is 33.4 Å². The number of aromatic nitrogens is 2. The van der Waals surface area contributed by atoms with Gasteiger partial charge in [0.25, 0.3) is 5.56 Å². The Morgan fingerprint density at radius 3 is 2.57 bits per heavy atom. The van der Waals surface area contributed by atoms with Crippen LogP contribution in [0.25, 0.3) is 15.9 Å². The molecule has 6 heteroatoms. The molecule has 0 unspecified atom stereocenters. The Balaban J connectivity index is 1.57. The minimum atomic E-state index is -0.00670.